The van der Waals surface area contributed by atoms with Gasteiger partial charge in [0.25, 0.3) is 0 Å². The molecule has 6 nitrogen and oxygen atoms in total. The van der Waals surface area contributed by atoms with Crippen LogP contribution in [0.1, 0.15) is 316 Å². The Hall–Kier alpha value is -1.85. The third-order valence-electron chi connectivity index (χ3n) is 12.8. The first-order chi connectivity index (χ1) is 31.0. The highest BCUT2D eigenvalue weighted by Crippen LogP contribution is 2.17. The van der Waals surface area contributed by atoms with Crippen molar-refractivity contribution in [3.05, 3.63) is 12.2 Å². The van der Waals surface area contributed by atoms with Crippen molar-refractivity contribution < 1.29 is 28.6 Å². The number of hydrogen-bond donors (Lipinski definition) is 0. The molecule has 0 unspecified atom stereocenters. The fraction of sp³-hybridized carbons (Fsp3) is 0.912. The highest BCUT2D eigenvalue weighted by molar-refractivity contribution is 5.71. The van der Waals surface area contributed by atoms with E-state index in [1.807, 2.05) is 0 Å². The monoisotopic (exact) mass is 889 g/mol. The van der Waals surface area contributed by atoms with Crippen molar-refractivity contribution in [2.45, 2.75) is 322 Å². The van der Waals surface area contributed by atoms with E-state index in [0.29, 0.717) is 19.3 Å². The number of carbonyl (C=O) groups is 3. The molecule has 0 fully saturated rings. The van der Waals surface area contributed by atoms with E-state index < -0.39 is 6.10 Å². The van der Waals surface area contributed by atoms with Gasteiger partial charge in [0, 0.05) is 19.3 Å². The van der Waals surface area contributed by atoms with Gasteiger partial charge in [-0.15, -0.1) is 0 Å². The molecule has 63 heavy (non-hydrogen) atoms. The van der Waals surface area contributed by atoms with Crippen molar-refractivity contribution in [2.75, 3.05) is 13.2 Å². The summed E-state index contributed by atoms with van der Waals surface area (Å²) in [4.78, 5) is 38.0. The number of carbonyl (C=O) groups excluding carboxylic acids is 3. The van der Waals surface area contributed by atoms with Crippen LogP contribution in [0.25, 0.3) is 0 Å². The first-order valence-electron chi connectivity index (χ1n) is 28.2. The van der Waals surface area contributed by atoms with Crippen molar-refractivity contribution >= 4 is 17.9 Å². The molecule has 0 aromatic rings. The normalized spacial score (nSPS) is 12.0. The Morgan fingerprint density at radius 1 is 0.302 bits per heavy atom. The van der Waals surface area contributed by atoms with Gasteiger partial charge in [0.1, 0.15) is 13.2 Å². The quantitative estimate of drug-likeness (QED) is 0.0262. The van der Waals surface area contributed by atoms with Gasteiger partial charge in [0.15, 0.2) is 6.10 Å². The zero-order chi connectivity index (χ0) is 45.8. The first-order valence-corrected chi connectivity index (χ1v) is 28.2. The minimum Gasteiger partial charge on any atom is -0.462 e. The molecule has 372 valence electrons. The standard InChI is InChI=1S/C57H108O6/c1-4-7-10-13-16-19-22-24-26-27-28-29-31-32-35-38-41-44-47-50-56(59)62-53-54(52-61-55(58)49-46-43-40-37-34-21-18-15-12-9-6-3)63-57(60)51-48-45-42-39-36-33-30-25-23-20-17-14-11-8-5-2/h25,30,54H,4-24,26-29,31-53H2,1-3H3/b30-25-/t54-/m0/s1. The molecule has 0 saturated carbocycles. The van der Waals surface area contributed by atoms with Crippen molar-refractivity contribution in [1.82, 2.24) is 0 Å². The summed E-state index contributed by atoms with van der Waals surface area (Å²) in [5.41, 5.74) is 0. The Morgan fingerprint density at radius 3 is 0.794 bits per heavy atom. The molecule has 0 N–H and O–H groups in total. The minimum absolute atomic E-state index is 0.0677. The highest BCUT2D eigenvalue weighted by Gasteiger charge is 2.19. The zero-order valence-electron chi connectivity index (χ0n) is 42.6. The number of allylic oxidation sites excluding steroid dienone is 2. The predicted octanol–water partition coefficient (Wildman–Crippen LogP) is 18.5. The molecule has 6 heteroatoms. The largest absolute Gasteiger partial charge is 0.462 e. The molecule has 1 atom stereocenters. The van der Waals surface area contributed by atoms with Crippen LogP contribution in [0.3, 0.4) is 0 Å². The van der Waals surface area contributed by atoms with E-state index >= 15 is 0 Å². The molecule has 0 saturated heterocycles. The topological polar surface area (TPSA) is 78.9 Å². The van der Waals surface area contributed by atoms with Crippen LogP contribution in [-0.2, 0) is 28.6 Å². The summed E-state index contributed by atoms with van der Waals surface area (Å²) >= 11 is 0. The van der Waals surface area contributed by atoms with E-state index in [2.05, 4.69) is 32.9 Å². The van der Waals surface area contributed by atoms with E-state index in [1.54, 1.807) is 0 Å². The lowest BCUT2D eigenvalue weighted by atomic mass is 10.0. The first kappa shape index (κ1) is 61.1. The number of rotatable bonds is 52. The molecule has 0 aliphatic rings. The maximum absolute atomic E-state index is 12.8. The molecule has 0 aromatic carbocycles. The minimum atomic E-state index is -0.768. The van der Waals surface area contributed by atoms with Crippen molar-refractivity contribution in [2.24, 2.45) is 0 Å². The average molecular weight is 889 g/mol. The van der Waals surface area contributed by atoms with E-state index in [4.69, 9.17) is 14.2 Å². The van der Waals surface area contributed by atoms with Crippen LogP contribution in [-0.4, -0.2) is 37.2 Å². The van der Waals surface area contributed by atoms with Gasteiger partial charge in [-0.25, -0.2) is 0 Å². The molecule has 0 radical (unpaired) electrons. The van der Waals surface area contributed by atoms with Crippen LogP contribution >= 0.6 is 0 Å². The van der Waals surface area contributed by atoms with Crippen LogP contribution in [0.4, 0.5) is 0 Å². The molecule has 0 aliphatic heterocycles. The second-order valence-corrected chi connectivity index (χ2v) is 19.2. The number of esters is 3. The van der Waals surface area contributed by atoms with Gasteiger partial charge in [0.05, 0.1) is 0 Å². The summed E-state index contributed by atoms with van der Waals surface area (Å²) in [5.74, 6) is -0.855. The lowest BCUT2D eigenvalue weighted by Crippen LogP contribution is -2.30. The molecule has 0 bridgehead atoms. The average Bonchev–Trinajstić information content (AvgIpc) is 3.28. The number of ether oxygens (including phenoxy) is 3. The molecule has 0 aliphatic carbocycles. The third-order valence-corrected chi connectivity index (χ3v) is 12.8. The van der Waals surface area contributed by atoms with Gasteiger partial charge in [-0.05, 0) is 44.9 Å². The summed E-state index contributed by atoms with van der Waals surface area (Å²) in [6, 6.07) is 0. The summed E-state index contributed by atoms with van der Waals surface area (Å²) in [7, 11) is 0. The summed E-state index contributed by atoms with van der Waals surface area (Å²) in [6.07, 6.45) is 59.2. The van der Waals surface area contributed by atoms with Gasteiger partial charge >= 0.3 is 17.9 Å². The molecule has 0 aromatic heterocycles. The Morgan fingerprint density at radius 2 is 0.524 bits per heavy atom. The van der Waals surface area contributed by atoms with Crippen molar-refractivity contribution in [3.63, 3.8) is 0 Å². The molecule has 0 heterocycles. The van der Waals surface area contributed by atoms with Crippen LogP contribution in [0, 0.1) is 0 Å². The molecule has 0 amide bonds. The van der Waals surface area contributed by atoms with E-state index in [9.17, 15) is 14.4 Å². The second kappa shape index (κ2) is 52.8. The summed E-state index contributed by atoms with van der Waals surface area (Å²) in [6.45, 7) is 6.67. The third kappa shape index (κ3) is 51.0. The van der Waals surface area contributed by atoms with Crippen molar-refractivity contribution in [3.8, 4) is 0 Å². The molecular formula is C57H108O6. The van der Waals surface area contributed by atoms with E-state index in [-0.39, 0.29) is 31.1 Å². The highest BCUT2D eigenvalue weighted by atomic mass is 16.6. The lowest BCUT2D eigenvalue weighted by Gasteiger charge is -2.18. The van der Waals surface area contributed by atoms with Gasteiger partial charge in [-0.1, -0.05) is 264 Å². The Labute approximate surface area is 392 Å². The molecule has 0 spiro atoms. The van der Waals surface area contributed by atoms with Gasteiger partial charge < -0.3 is 14.2 Å². The fourth-order valence-corrected chi connectivity index (χ4v) is 8.50. The Balaban J connectivity index is 4.27. The zero-order valence-corrected chi connectivity index (χ0v) is 42.6. The van der Waals surface area contributed by atoms with Gasteiger partial charge in [-0.3, -0.25) is 14.4 Å². The molecular weight excluding hydrogens is 781 g/mol. The summed E-state index contributed by atoms with van der Waals surface area (Å²) < 4.78 is 16.8. The van der Waals surface area contributed by atoms with Gasteiger partial charge in [0.2, 0.25) is 0 Å². The van der Waals surface area contributed by atoms with Crippen LogP contribution in [0.15, 0.2) is 12.2 Å². The van der Waals surface area contributed by atoms with E-state index in [1.165, 1.54) is 212 Å². The fourth-order valence-electron chi connectivity index (χ4n) is 8.50. The van der Waals surface area contributed by atoms with Crippen LogP contribution in [0.2, 0.25) is 0 Å². The van der Waals surface area contributed by atoms with Crippen LogP contribution in [0.5, 0.6) is 0 Å². The number of unbranched alkanes of at least 4 members (excludes halogenated alkanes) is 39. The summed E-state index contributed by atoms with van der Waals surface area (Å²) in [5, 5.41) is 0. The maximum atomic E-state index is 12.8. The molecule has 0 rings (SSSR count). The van der Waals surface area contributed by atoms with E-state index in [0.717, 1.165) is 64.2 Å². The predicted molar refractivity (Wildman–Crippen MR) is 270 cm³/mol. The Bertz CT molecular complexity index is 978. The second-order valence-electron chi connectivity index (χ2n) is 19.2. The Kier molecular flexibility index (Phi) is 51.2. The number of hydrogen-bond acceptors (Lipinski definition) is 6. The maximum Gasteiger partial charge on any atom is 0.306 e. The van der Waals surface area contributed by atoms with Crippen LogP contribution < -0.4 is 0 Å². The van der Waals surface area contributed by atoms with Crippen molar-refractivity contribution in [1.29, 1.82) is 0 Å². The smallest absolute Gasteiger partial charge is 0.306 e. The lowest BCUT2D eigenvalue weighted by molar-refractivity contribution is -0.167. The van der Waals surface area contributed by atoms with Gasteiger partial charge in [-0.2, -0.15) is 0 Å². The SMILES string of the molecule is CCCCCCCC/C=C\CCCCCCCC(=O)O[C@@H](COC(=O)CCCCCCCCCCCCC)COC(=O)CCCCCCCCCCCCCCCCCCCCC.